The zero-order chi connectivity index (χ0) is 12.7. The van der Waals surface area contributed by atoms with Crippen LogP contribution in [0.5, 0.6) is 0 Å². The molecule has 0 saturated carbocycles. The molecule has 2 atom stereocenters. The van der Waals surface area contributed by atoms with Crippen LogP contribution in [-0.2, 0) is 0 Å². The van der Waals surface area contributed by atoms with Crippen LogP contribution in [0.4, 0.5) is 5.82 Å². The third-order valence-electron chi connectivity index (χ3n) is 3.68. The maximum Gasteiger partial charge on any atom is 0.364 e. The van der Waals surface area contributed by atoms with Gasteiger partial charge in [0.1, 0.15) is 5.82 Å². The molecule has 0 spiro atoms. The Morgan fingerprint density at radius 3 is 3.17 bits per heavy atom. The van der Waals surface area contributed by atoms with Gasteiger partial charge < -0.3 is 10.6 Å². The quantitative estimate of drug-likeness (QED) is 0.754. The van der Waals surface area contributed by atoms with Crippen LogP contribution in [0.1, 0.15) is 13.3 Å². The molecule has 1 aliphatic heterocycles. The molecule has 0 amide bonds. The van der Waals surface area contributed by atoms with Crippen molar-refractivity contribution in [2.24, 2.45) is 11.7 Å². The van der Waals surface area contributed by atoms with Crippen molar-refractivity contribution in [1.82, 2.24) is 19.8 Å². The second-order valence-corrected chi connectivity index (χ2v) is 4.75. The molecule has 0 aromatic carbocycles. The van der Waals surface area contributed by atoms with E-state index in [1.807, 2.05) is 6.07 Å². The summed E-state index contributed by atoms with van der Waals surface area (Å²) in [7, 11) is 0. The smallest absolute Gasteiger partial charge is 0.351 e. The first-order valence-electron chi connectivity index (χ1n) is 6.12. The molecule has 3 rings (SSSR count). The molecule has 3 heterocycles. The van der Waals surface area contributed by atoms with Gasteiger partial charge in [0, 0.05) is 19.1 Å². The topological polar surface area (TPSA) is 92.3 Å². The summed E-state index contributed by atoms with van der Waals surface area (Å²) in [4.78, 5) is 13.7. The molecule has 2 aromatic rings. The largest absolute Gasteiger partial charge is 0.364 e. The average Bonchev–Trinajstić information content (AvgIpc) is 2.93. The summed E-state index contributed by atoms with van der Waals surface area (Å²) in [6.45, 7) is 3.72. The van der Waals surface area contributed by atoms with Crippen molar-refractivity contribution in [3.8, 4) is 0 Å². The second kappa shape index (κ2) is 4.09. The number of nitrogens with zero attached hydrogens (tertiary/aromatic N) is 4. The van der Waals surface area contributed by atoms with Gasteiger partial charge in [0.25, 0.3) is 0 Å². The molecule has 7 nitrogen and oxygen atoms in total. The van der Waals surface area contributed by atoms with Crippen LogP contribution in [0.2, 0.25) is 0 Å². The number of hydrogen-bond acceptors (Lipinski definition) is 5. The SMILES string of the molecule is CC1CCN(c2ccc3n[nH]c(=O)n3n2)C1CN. The van der Waals surface area contributed by atoms with Gasteiger partial charge in [0.05, 0.1) is 0 Å². The average molecular weight is 248 g/mol. The number of aromatic amines is 1. The third kappa shape index (κ3) is 1.59. The predicted molar refractivity (Wildman–Crippen MR) is 67.6 cm³/mol. The molecule has 1 aliphatic rings. The van der Waals surface area contributed by atoms with Crippen molar-refractivity contribution in [1.29, 1.82) is 0 Å². The number of anilines is 1. The van der Waals surface area contributed by atoms with E-state index >= 15 is 0 Å². The van der Waals surface area contributed by atoms with Crippen molar-refractivity contribution in [2.45, 2.75) is 19.4 Å². The summed E-state index contributed by atoms with van der Waals surface area (Å²) in [5.74, 6) is 1.33. The van der Waals surface area contributed by atoms with E-state index < -0.39 is 0 Å². The molecule has 18 heavy (non-hydrogen) atoms. The Hall–Kier alpha value is -1.89. The first-order chi connectivity index (χ1) is 8.70. The van der Waals surface area contributed by atoms with Gasteiger partial charge >= 0.3 is 5.69 Å². The molecule has 3 N–H and O–H groups in total. The van der Waals surface area contributed by atoms with Gasteiger partial charge in [-0.1, -0.05) is 6.92 Å². The Kier molecular flexibility index (Phi) is 2.55. The zero-order valence-electron chi connectivity index (χ0n) is 10.2. The van der Waals surface area contributed by atoms with Gasteiger partial charge in [0.15, 0.2) is 5.65 Å². The first-order valence-corrected chi connectivity index (χ1v) is 6.12. The number of hydrogen-bond donors (Lipinski definition) is 2. The van der Waals surface area contributed by atoms with Gasteiger partial charge in [-0.05, 0) is 24.5 Å². The van der Waals surface area contributed by atoms with Gasteiger partial charge in [-0.2, -0.15) is 9.61 Å². The third-order valence-corrected chi connectivity index (χ3v) is 3.68. The summed E-state index contributed by atoms with van der Waals surface area (Å²) in [5.41, 5.74) is 6.03. The van der Waals surface area contributed by atoms with Crippen LogP contribution in [0.15, 0.2) is 16.9 Å². The minimum atomic E-state index is -0.316. The lowest BCUT2D eigenvalue weighted by Crippen LogP contribution is -2.39. The fraction of sp³-hybridized carbons (Fsp3) is 0.545. The van der Waals surface area contributed by atoms with E-state index in [2.05, 4.69) is 27.1 Å². The minimum Gasteiger partial charge on any atom is -0.351 e. The van der Waals surface area contributed by atoms with Crippen LogP contribution in [0.25, 0.3) is 5.65 Å². The Bertz CT molecular complexity index is 617. The lowest BCUT2D eigenvalue weighted by atomic mass is 10.0. The first kappa shape index (κ1) is 11.2. The van der Waals surface area contributed by atoms with E-state index in [0.29, 0.717) is 18.1 Å². The highest BCUT2D eigenvalue weighted by molar-refractivity contribution is 5.46. The normalized spacial score (nSPS) is 24.0. The number of fused-ring (bicyclic) bond motifs is 1. The highest BCUT2D eigenvalue weighted by Gasteiger charge is 2.31. The molecule has 0 radical (unpaired) electrons. The van der Waals surface area contributed by atoms with Crippen LogP contribution in [0.3, 0.4) is 0 Å². The zero-order valence-corrected chi connectivity index (χ0v) is 10.2. The molecule has 2 unspecified atom stereocenters. The van der Waals surface area contributed by atoms with Crippen molar-refractivity contribution < 1.29 is 0 Å². The Balaban J connectivity index is 2.03. The fourth-order valence-electron chi connectivity index (χ4n) is 2.60. The van der Waals surface area contributed by atoms with E-state index in [1.165, 1.54) is 4.52 Å². The number of nitrogens with one attached hydrogen (secondary N) is 1. The van der Waals surface area contributed by atoms with Crippen molar-refractivity contribution in [3.05, 3.63) is 22.6 Å². The highest BCUT2D eigenvalue weighted by atomic mass is 16.2. The van der Waals surface area contributed by atoms with Gasteiger partial charge in [0.2, 0.25) is 0 Å². The molecular formula is C11H16N6O. The predicted octanol–water partition coefficient (Wildman–Crippen LogP) is -0.409. The summed E-state index contributed by atoms with van der Waals surface area (Å²) in [6.07, 6.45) is 1.10. The lowest BCUT2D eigenvalue weighted by Gasteiger charge is -2.26. The lowest BCUT2D eigenvalue weighted by molar-refractivity contribution is 0.516. The summed E-state index contributed by atoms with van der Waals surface area (Å²) in [5, 5.41) is 10.6. The van der Waals surface area contributed by atoms with E-state index in [1.54, 1.807) is 6.07 Å². The molecule has 0 aliphatic carbocycles. The number of nitrogens with two attached hydrogens (primary N) is 1. The van der Waals surface area contributed by atoms with Crippen LogP contribution in [0, 0.1) is 5.92 Å². The molecule has 2 aromatic heterocycles. The molecule has 0 bridgehead atoms. The minimum absolute atomic E-state index is 0.289. The Morgan fingerprint density at radius 2 is 2.39 bits per heavy atom. The van der Waals surface area contributed by atoms with E-state index in [-0.39, 0.29) is 11.7 Å². The van der Waals surface area contributed by atoms with Gasteiger partial charge in [-0.15, -0.1) is 5.10 Å². The molecule has 1 saturated heterocycles. The monoisotopic (exact) mass is 248 g/mol. The van der Waals surface area contributed by atoms with Crippen molar-refractivity contribution in [3.63, 3.8) is 0 Å². The molecule has 96 valence electrons. The van der Waals surface area contributed by atoms with Crippen molar-refractivity contribution >= 4 is 11.5 Å². The number of rotatable bonds is 2. The summed E-state index contributed by atoms with van der Waals surface area (Å²) < 4.78 is 1.28. The maximum atomic E-state index is 11.5. The Labute approximate surface area is 104 Å². The van der Waals surface area contributed by atoms with Crippen LogP contribution >= 0.6 is 0 Å². The van der Waals surface area contributed by atoms with Crippen LogP contribution in [-0.4, -0.2) is 38.9 Å². The fourth-order valence-corrected chi connectivity index (χ4v) is 2.60. The second-order valence-electron chi connectivity index (χ2n) is 4.75. The van der Waals surface area contributed by atoms with E-state index in [4.69, 9.17) is 5.73 Å². The molecular weight excluding hydrogens is 232 g/mol. The van der Waals surface area contributed by atoms with Crippen molar-refractivity contribution in [2.75, 3.05) is 18.0 Å². The Morgan fingerprint density at radius 1 is 1.56 bits per heavy atom. The summed E-state index contributed by atoms with van der Waals surface area (Å²) >= 11 is 0. The van der Waals surface area contributed by atoms with Crippen LogP contribution < -0.4 is 16.3 Å². The van der Waals surface area contributed by atoms with Gasteiger partial charge in [-0.25, -0.2) is 9.89 Å². The van der Waals surface area contributed by atoms with Gasteiger partial charge in [-0.3, -0.25) is 0 Å². The standard InChI is InChI=1S/C11H16N6O/c1-7-4-5-16(8(7)6-12)10-3-2-9-13-14-11(18)17(9)15-10/h2-3,7-8H,4-6,12H2,1H3,(H,14,18). The number of H-pyrrole nitrogens is 1. The molecule has 7 heteroatoms. The number of aromatic nitrogens is 4. The maximum absolute atomic E-state index is 11.5. The molecule has 1 fully saturated rings. The highest BCUT2D eigenvalue weighted by Crippen LogP contribution is 2.27. The van der Waals surface area contributed by atoms with E-state index in [9.17, 15) is 4.79 Å². The summed E-state index contributed by atoms with van der Waals surface area (Å²) in [6, 6.07) is 3.96. The van der Waals surface area contributed by atoms with E-state index in [0.717, 1.165) is 18.8 Å².